The van der Waals surface area contributed by atoms with Crippen LogP contribution in [0.3, 0.4) is 0 Å². The number of allylic oxidation sites excluding steroid dienone is 2. The zero-order valence-corrected chi connectivity index (χ0v) is 6.10. The minimum Gasteiger partial charge on any atom is -0.0885 e. The summed E-state index contributed by atoms with van der Waals surface area (Å²) in [6.07, 6.45) is 14.5. The third-order valence-electron chi connectivity index (χ3n) is 1.91. The molecule has 0 bridgehead atoms. The van der Waals surface area contributed by atoms with E-state index < -0.39 is 0 Å². The molecule has 0 unspecified atom stereocenters. The van der Waals surface area contributed by atoms with Crippen LogP contribution in [0.25, 0.3) is 0 Å². The van der Waals surface area contributed by atoms with Crippen molar-refractivity contribution in [3.05, 3.63) is 12.2 Å². The van der Waals surface area contributed by atoms with E-state index in [0.717, 1.165) is 0 Å². The van der Waals surface area contributed by atoms with Gasteiger partial charge in [-0.3, -0.25) is 0 Å². The Labute approximate surface area is 58.0 Å². The van der Waals surface area contributed by atoms with Gasteiger partial charge in [0.15, 0.2) is 0 Å². The quantitative estimate of drug-likeness (QED) is 0.435. The highest BCUT2D eigenvalue weighted by Gasteiger charge is 1.90. The molecule has 0 aromatic carbocycles. The highest BCUT2D eigenvalue weighted by atomic mass is 14.0. The van der Waals surface area contributed by atoms with Crippen molar-refractivity contribution in [3.8, 4) is 0 Å². The SMILES string of the molecule is C1=C\CCCCCCC/1. The van der Waals surface area contributed by atoms with Gasteiger partial charge in [-0.15, -0.1) is 0 Å². The molecule has 1 aliphatic carbocycles. The van der Waals surface area contributed by atoms with Crippen LogP contribution in [-0.2, 0) is 0 Å². The smallest absolute Gasteiger partial charge is 0.0351 e. The fraction of sp³-hybridized carbons (Fsp3) is 0.778. The molecule has 0 radical (unpaired) electrons. The second-order valence-corrected chi connectivity index (χ2v) is 2.82. The van der Waals surface area contributed by atoms with E-state index in [9.17, 15) is 0 Å². The van der Waals surface area contributed by atoms with E-state index in [1.165, 1.54) is 44.9 Å². The Hall–Kier alpha value is -0.260. The molecule has 1 rings (SSSR count). The van der Waals surface area contributed by atoms with Crippen molar-refractivity contribution in [1.82, 2.24) is 0 Å². The van der Waals surface area contributed by atoms with Gasteiger partial charge >= 0.3 is 0 Å². The minimum absolute atomic E-state index is 1.32. The molecule has 0 aromatic rings. The number of rotatable bonds is 0. The lowest BCUT2D eigenvalue weighted by atomic mass is 10.1. The summed E-state index contributed by atoms with van der Waals surface area (Å²) in [5.41, 5.74) is 0. The first-order valence-corrected chi connectivity index (χ1v) is 4.15. The van der Waals surface area contributed by atoms with Crippen molar-refractivity contribution in [2.75, 3.05) is 0 Å². The second kappa shape index (κ2) is 4.60. The fourth-order valence-corrected chi connectivity index (χ4v) is 1.29. The van der Waals surface area contributed by atoms with E-state index in [0.29, 0.717) is 0 Å². The van der Waals surface area contributed by atoms with Crippen LogP contribution in [0.2, 0.25) is 0 Å². The Kier molecular flexibility index (Phi) is 3.51. The van der Waals surface area contributed by atoms with E-state index in [1.54, 1.807) is 0 Å². The maximum absolute atomic E-state index is 2.34. The number of hydrogen-bond acceptors (Lipinski definition) is 0. The van der Waals surface area contributed by atoms with Gasteiger partial charge in [-0.25, -0.2) is 0 Å². The standard InChI is InChI=1S/C9H16/c1-2-4-6-8-9-7-5-3-1/h1-2H,3-9H2/b2-1-. The zero-order valence-electron chi connectivity index (χ0n) is 6.10. The summed E-state index contributed by atoms with van der Waals surface area (Å²) < 4.78 is 0. The van der Waals surface area contributed by atoms with E-state index >= 15 is 0 Å². The third-order valence-corrected chi connectivity index (χ3v) is 1.91. The van der Waals surface area contributed by atoms with Crippen LogP contribution >= 0.6 is 0 Å². The molecular formula is C9H16. The first kappa shape index (κ1) is 6.85. The summed E-state index contributed by atoms with van der Waals surface area (Å²) in [6, 6.07) is 0. The molecule has 0 aromatic heterocycles. The van der Waals surface area contributed by atoms with Crippen molar-refractivity contribution in [1.29, 1.82) is 0 Å². The van der Waals surface area contributed by atoms with Gasteiger partial charge in [0.05, 0.1) is 0 Å². The van der Waals surface area contributed by atoms with Crippen molar-refractivity contribution in [3.63, 3.8) is 0 Å². The maximum Gasteiger partial charge on any atom is -0.0351 e. The monoisotopic (exact) mass is 124 g/mol. The van der Waals surface area contributed by atoms with Crippen LogP contribution in [0.1, 0.15) is 44.9 Å². The fourth-order valence-electron chi connectivity index (χ4n) is 1.29. The third kappa shape index (κ3) is 3.34. The van der Waals surface area contributed by atoms with Gasteiger partial charge in [0.1, 0.15) is 0 Å². The van der Waals surface area contributed by atoms with E-state index in [4.69, 9.17) is 0 Å². The maximum atomic E-state index is 2.34. The molecular weight excluding hydrogens is 108 g/mol. The molecule has 0 amide bonds. The van der Waals surface area contributed by atoms with Gasteiger partial charge in [-0.2, -0.15) is 0 Å². The van der Waals surface area contributed by atoms with Crippen molar-refractivity contribution in [2.45, 2.75) is 44.9 Å². The molecule has 0 saturated heterocycles. The molecule has 0 nitrogen and oxygen atoms in total. The van der Waals surface area contributed by atoms with E-state index in [2.05, 4.69) is 12.2 Å². The molecule has 0 heteroatoms. The minimum atomic E-state index is 1.32. The molecule has 9 heavy (non-hydrogen) atoms. The van der Waals surface area contributed by atoms with Crippen LogP contribution in [0.4, 0.5) is 0 Å². The van der Waals surface area contributed by atoms with Crippen LogP contribution in [0.15, 0.2) is 12.2 Å². The van der Waals surface area contributed by atoms with Crippen LogP contribution in [0.5, 0.6) is 0 Å². The summed E-state index contributed by atoms with van der Waals surface area (Å²) in [4.78, 5) is 0. The first-order valence-electron chi connectivity index (χ1n) is 4.15. The highest BCUT2D eigenvalue weighted by Crippen LogP contribution is 2.10. The summed E-state index contributed by atoms with van der Waals surface area (Å²) in [5, 5.41) is 0. The predicted molar refractivity (Wildman–Crippen MR) is 41.5 cm³/mol. The lowest BCUT2D eigenvalue weighted by Gasteiger charge is -1.93. The highest BCUT2D eigenvalue weighted by molar-refractivity contribution is 4.82. The number of hydrogen-bond donors (Lipinski definition) is 0. The molecule has 0 atom stereocenters. The first-order chi connectivity index (χ1) is 4.50. The largest absolute Gasteiger partial charge is 0.0885 e. The molecule has 0 saturated carbocycles. The average Bonchev–Trinajstić information content (AvgIpc) is 2.00. The molecule has 1 aliphatic rings. The van der Waals surface area contributed by atoms with Crippen LogP contribution in [-0.4, -0.2) is 0 Å². The summed E-state index contributed by atoms with van der Waals surface area (Å²) in [5.74, 6) is 0. The van der Waals surface area contributed by atoms with Gasteiger partial charge in [0, 0.05) is 0 Å². The Bertz CT molecular complexity index is 72.0. The molecule has 0 heterocycles. The Morgan fingerprint density at radius 3 is 1.56 bits per heavy atom. The molecule has 0 fully saturated rings. The average molecular weight is 124 g/mol. The van der Waals surface area contributed by atoms with Gasteiger partial charge in [0.25, 0.3) is 0 Å². The molecule has 0 aliphatic heterocycles. The normalized spacial score (nSPS) is 25.8. The topological polar surface area (TPSA) is 0 Å². The Balaban J connectivity index is 2.15. The van der Waals surface area contributed by atoms with Gasteiger partial charge < -0.3 is 0 Å². The molecule has 0 N–H and O–H groups in total. The lowest BCUT2D eigenvalue weighted by molar-refractivity contribution is 0.632. The Morgan fingerprint density at radius 2 is 1.00 bits per heavy atom. The lowest BCUT2D eigenvalue weighted by Crippen LogP contribution is -1.74. The van der Waals surface area contributed by atoms with Crippen LogP contribution in [0, 0.1) is 0 Å². The second-order valence-electron chi connectivity index (χ2n) is 2.82. The zero-order chi connectivity index (χ0) is 6.36. The van der Waals surface area contributed by atoms with Crippen LogP contribution < -0.4 is 0 Å². The molecule has 52 valence electrons. The Morgan fingerprint density at radius 1 is 0.556 bits per heavy atom. The molecule has 0 spiro atoms. The van der Waals surface area contributed by atoms with Crippen molar-refractivity contribution < 1.29 is 0 Å². The van der Waals surface area contributed by atoms with Crippen molar-refractivity contribution in [2.24, 2.45) is 0 Å². The van der Waals surface area contributed by atoms with Crippen molar-refractivity contribution >= 4 is 0 Å². The van der Waals surface area contributed by atoms with E-state index in [1.807, 2.05) is 0 Å². The van der Waals surface area contributed by atoms with Gasteiger partial charge in [-0.1, -0.05) is 31.4 Å². The summed E-state index contributed by atoms with van der Waals surface area (Å²) >= 11 is 0. The van der Waals surface area contributed by atoms with Gasteiger partial charge in [-0.05, 0) is 25.7 Å². The van der Waals surface area contributed by atoms with E-state index in [-0.39, 0.29) is 0 Å². The summed E-state index contributed by atoms with van der Waals surface area (Å²) in [6.45, 7) is 0. The van der Waals surface area contributed by atoms with Gasteiger partial charge in [0.2, 0.25) is 0 Å². The predicted octanol–water partition coefficient (Wildman–Crippen LogP) is 3.29. The summed E-state index contributed by atoms with van der Waals surface area (Å²) in [7, 11) is 0.